The number of imide groups is 1. The van der Waals surface area contributed by atoms with Gasteiger partial charge >= 0.3 is 0 Å². The number of amides is 3. The van der Waals surface area contributed by atoms with Gasteiger partial charge in [-0.15, -0.1) is 0 Å². The number of hydrogen-bond donors (Lipinski definition) is 2. The molecule has 7 heteroatoms. The molecule has 0 saturated heterocycles. The Hall–Kier alpha value is -2.28. The fourth-order valence-corrected chi connectivity index (χ4v) is 2.34. The van der Waals surface area contributed by atoms with Crippen molar-refractivity contribution in [2.45, 2.75) is 19.9 Å². The van der Waals surface area contributed by atoms with E-state index in [1.165, 1.54) is 0 Å². The maximum atomic E-state index is 12.1. The molecule has 21 heavy (non-hydrogen) atoms. The zero-order chi connectivity index (χ0) is 15.6. The smallest absolute Gasteiger partial charge is 0.262 e. The molecule has 0 atom stereocenters. The Bertz CT molecular complexity index is 593. The Labute approximate surface area is 127 Å². The first kappa shape index (κ1) is 15.1. The summed E-state index contributed by atoms with van der Waals surface area (Å²) in [5, 5.41) is 5.46. The highest BCUT2D eigenvalue weighted by molar-refractivity contribution is 7.80. The first-order valence-corrected chi connectivity index (χ1v) is 6.86. The molecular weight excluding hydrogens is 290 g/mol. The van der Waals surface area contributed by atoms with E-state index in [1.54, 1.807) is 24.3 Å². The number of rotatable bonds is 3. The third kappa shape index (κ3) is 3.25. The van der Waals surface area contributed by atoms with Crippen LogP contribution in [0.3, 0.4) is 0 Å². The molecule has 6 nitrogen and oxygen atoms in total. The predicted octanol–water partition coefficient (Wildman–Crippen LogP) is 0.682. The van der Waals surface area contributed by atoms with Crippen molar-refractivity contribution in [3.63, 3.8) is 0 Å². The molecule has 1 aromatic carbocycles. The maximum Gasteiger partial charge on any atom is 0.262 e. The molecule has 2 N–H and O–H groups in total. The van der Waals surface area contributed by atoms with Crippen LogP contribution in [0.25, 0.3) is 0 Å². The summed E-state index contributed by atoms with van der Waals surface area (Å²) in [6.07, 6.45) is 0. The van der Waals surface area contributed by atoms with Gasteiger partial charge in [0.15, 0.2) is 5.11 Å². The minimum atomic E-state index is -0.511. The average Bonchev–Trinajstić information content (AvgIpc) is 2.63. The molecule has 1 aliphatic rings. The van der Waals surface area contributed by atoms with Crippen molar-refractivity contribution in [1.29, 1.82) is 0 Å². The van der Waals surface area contributed by atoms with Crippen molar-refractivity contribution in [3.8, 4) is 0 Å². The summed E-state index contributed by atoms with van der Waals surface area (Å²) in [7, 11) is 0. The van der Waals surface area contributed by atoms with E-state index in [1.807, 2.05) is 13.8 Å². The number of thiocarbonyl (C=S) groups is 1. The molecular formula is C14H15N3O3S. The number of nitrogens with zero attached hydrogens (tertiary/aromatic N) is 1. The number of fused-ring (bicyclic) bond motifs is 1. The van der Waals surface area contributed by atoms with E-state index in [-0.39, 0.29) is 17.7 Å². The lowest BCUT2D eigenvalue weighted by Crippen LogP contribution is -2.47. The van der Waals surface area contributed by atoms with Crippen LogP contribution in [-0.4, -0.2) is 40.3 Å². The van der Waals surface area contributed by atoms with Gasteiger partial charge in [0.05, 0.1) is 11.1 Å². The summed E-state index contributed by atoms with van der Waals surface area (Å²) < 4.78 is 0. The molecule has 0 radical (unpaired) electrons. The zero-order valence-corrected chi connectivity index (χ0v) is 12.5. The highest BCUT2D eigenvalue weighted by atomic mass is 32.1. The van der Waals surface area contributed by atoms with Gasteiger partial charge in [-0.25, -0.2) is 0 Å². The zero-order valence-electron chi connectivity index (χ0n) is 11.7. The summed E-state index contributed by atoms with van der Waals surface area (Å²) in [4.78, 5) is 36.9. The summed E-state index contributed by atoms with van der Waals surface area (Å²) >= 11 is 4.94. The number of hydrogen-bond acceptors (Lipinski definition) is 4. The predicted molar refractivity (Wildman–Crippen MR) is 80.8 cm³/mol. The van der Waals surface area contributed by atoms with Gasteiger partial charge in [0.2, 0.25) is 5.91 Å². The highest BCUT2D eigenvalue weighted by Gasteiger charge is 2.36. The van der Waals surface area contributed by atoms with E-state index in [2.05, 4.69) is 10.6 Å². The van der Waals surface area contributed by atoms with Gasteiger partial charge in [0.1, 0.15) is 6.54 Å². The fourth-order valence-electron chi connectivity index (χ4n) is 1.99. The monoisotopic (exact) mass is 305 g/mol. The van der Waals surface area contributed by atoms with Crippen molar-refractivity contribution >= 4 is 35.1 Å². The van der Waals surface area contributed by atoms with Crippen molar-refractivity contribution in [2.24, 2.45) is 0 Å². The minimum Gasteiger partial charge on any atom is -0.360 e. The van der Waals surface area contributed by atoms with Crippen LogP contribution in [0.4, 0.5) is 0 Å². The highest BCUT2D eigenvalue weighted by Crippen LogP contribution is 2.21. The molecule has 0 fully saturated rings. The number of nitrogens with one attached hydrogen (secondary N) is 2. The molecule has 0 aromatic heterocycles. The Morgan fingerprint density at radius 3 is 2.19 bits per heavy atom. The molecule has 1 aromatic rings. The van der Waals surface area contributed by atoms with Crippen LogP contribution < -0.4 is 10.6 Å². The largest absolute Gasteiger partial charge is 0.360 e. The van der Waals surface area contributed by atoms with Crippen LogP contribution in [0.2, 0.25) is 0 Å². The molecule has 0 spiro atoms. The fraction of sp³-hybridized carbons (Fsp3) is 0.286. The van der Waals surface area contributed by atoms with E-state index in [9.17, 15) is 14.4 Å². The maximum absolute atomic E-state index is 12.1. The molecule has 1 aliphatic heterocycles. The van der Waals surface area contributed by atoms with E-state index in [0.717, 1.165) is 4.90 Å². The molecule has 3 amide bonds. The van der Waals surface area contributed by atoms with Gasteiger partial charge in [-0.05, 0) is 38.2 Å². The van der Waals surface area contributed by atoms with Gasteiger partial charge < -0.3 is 10.6 Å². The van der Waals surface area contributed by atoms with Gasteiger partial charge in [0, 0.05) is 6.04 Å². The lowest BCUT2D eigenvalue weighted by Gasteiger charge is -2.15. The topological polar surface area (TPSA) is 78.5 Å². The van der Waals surface area contributed by atoms with Gasteiger partial charge in [-0.1, -0.05) is 12.1 Å². The first-order chi connectivity index (χ1) is 9.90. The molecule has 0 unspecified atom stereocenters. The standard InChI is InChI=1S/C14H15N3O3S/c1-8(2)15-14(21)16-11(18)7-17-12(19)9-5-3-4-6-10(9)13(17)20/h3-6,8H,7H2,1-2H3,(H2,15,16,18,21). The van der Waals surface area contributed by atoms with Crippen LogP contribution in [0, 0.1) is 0 Å². The lowest BCUT2D eigenvalue weighted by atomic mass is 10.1. The van der Waals surface area contributed by atoms with Crippen LogP contribution in [-0.2, 0) is 4.79 Å². The number of carbonyl (C=O) groups excluding carboxylic acids is 3. The summed E-state index contributed by atoms with van der Waals surface area (Å²) in [5.41, 5.74) is 0.636. The van der Waals surface area contributed by atoms with E-state index in [0.29, 0.717) is 11.1 Å². The second-order valence-electron chi connectivity index (χ2n) is 4.92. The van der Waals surface area contributed by atoms with Crippen LogP contribution in [0.1, 0.15) is 34.6 Å². The van der Waals surface area contributed by atoms with Crippen LogP contribution in [0.5, 0.6) is 0 Å². The van der Waals surface area contributed by atoms with Crippen LogP contribution in [0.15, 0.2) is 24.3 Å². The molecule has 110 valence electrons. The van der Waals surface area contributed by atoms with Crippen molar-refractivity contribution in [3.05, 3.63) is 35.4 Å². The van der Waals surface area contributed by atoms with Crippen molar-refractivity contribution in [2.75, 3.05) is 6.54 Å². The van der Waals surface area contributed by atoms with Gasteiger partial charge in [-0.3, -0.25) is 19.3 Å². The van der Waals surface area contributed by atoms with Crippen molar-refractivity contribution < 1.29 is 14.4 Å². The Morgan fingerprint density at radius 2 is 1.71 bits per heavy atom. The van der Waals surface area contributed by atoms with Crippen molar-refractivity contribution in [1.82, 2.24) is 15.5 Å². The van der Waals surface area contributed by atoms with Gasteiger partial charge in [-0.2, -0.15) is 0 Å². The third-order valence-electron chi connectivity index (χ3n) is 2.85. The molecule has 0 bridgehead atoms. The second kappa shape index (κ2) is 6.01. The van der Waals surface area contributed by atoms with E-state index < -0.39 is 17.7 Å². The first-order valence-electron chi connectivity index (χ1n) is 6.45. The second-order valence-corrected chi connectivity index (χ2v) is 5.33. The van der Waals surface area contributed by atoms with E-state index >= 15 is 0 Å². The Kier molecular flexibility index (Phi) is 4.32. The normalized spacial score (nSPS) is 13.4. The third-order valence-corrected chi connectivity index (χ3v) is 3.07. The number of carbonyl (C=O) groups is 3. The van der Waals surface area contributed by atoms with Crippen LogP contribution >= 0.6 is 12.2 Å². The summed E-state index contributed by atoms with van der Waals surface area (Å²) in [5.74, 6) is -1.44. The van der Waals surface area contributed by atoms with Gasteiger partial charge in [0.25, 0.3) is 11.8 Å². The Morgan fingerprint density at radius 1 is 1.19 bits per heavy atom. The lowest BCUT2D eigenvalue weighted by molar-refractivity contribution is -0.120. The quantitative estimate of drug-likeness (QED) is 0.634. The average molecular weight is 305 g/mol. The minimum absolute atomic E-state index is 0.0807. The number of benzene rings is 1. The summed E-state index contributed by atoms with van der Waals surface area (Å²) in [6.45, 7) is 3.40. The molecule has 2 rings (SSSR count). The molecule has 1 heterocycles. The Balaban J connectivity index is 2.02. The van der Waals surface area contributed by atoms with E-state index in [4.69, 9.17) is 12.2 Å². The SMILES string of the molecule is CC(C)NC(=S)NC(=O)CN1C(=O)c2ccccc2C1=O. The molecule has 0 saturated carbocycles. The summed E-state index contributed by atoms with van der Waals surface area (Å²) in [6, 6.07) is 6.57. The molecule has 0 aliphatic carbocycles.